The molecule has 6 nitrogen and oxygen atoms in total. The van der Waals surface area contributed by atoms with Gasteiger partial charge in [-0.2, -0.15) is 5.10 Å². The van der Waals surface area contributed by atoms with Crippen LogP contribution in [0, 0.1) is 0 Å². The van der Waals surface area contributed by atoms with Crippen LogP contribution in [0.2, 0.25) is 0 Å². The van der Waals surface area contributed by atoms with Crippen LogP contribution in [-0.4, -0.2) is 36.1 Å². The minimum Gasteiger partial charge on any atom is -0.504 e. The van der Waals surface area contributed by atoms with Crippen LogP contribution in [0.25, 0.3) is 0 Å². The molecule has 0 bridgehead atoms. The van der Waals surface area contributed by atoms with E-state index in [-0.39, 0.29) is 11.7 Å². The maximum absolute atomic E-state index is 12.5. The predicted octanol–water partition coefficient (Wildman–Crippen LogP) is 2.98. The fourth-order valence-electron chi connectivity index (χ4n) is 2.71. The van der Waals surface area contributed by atoms with Crippen LogP contribution >= 0.6 is 0 Å². The van der Waals surface area contributed by atoms with Crippen LogP contribution in [0.4, 0.5) is 5.69 Å². The van der Waals surface area contributed by atoms with Gasteiger partial charge < -0.3 is 14.7 Å². The van der Waals surface area contributed by atoms with Crippen molar-refractivity contribution in [1.29, 1.82) is 0 Å². The van der Waals surface area contributed by atoms with E-state index in [1.807, 2.05) is 38.1 Å². The van der Waals surface area contributed by atoms with Gasteiger partial charge >= 0.3 is 0 Å². The van der Waals surface area contributed by atoms with E-state index in [2.05, 4.69) is 10.2 Å². The number of ether oxygens (including phenoxy) is 1. The third-order valence-corrected chi connectivity index (χ3v) is 3.86. The molecule has 128 valence electrons. The molecule has 1 aliphatic heterocycles. The van der Waals surface area contributed by atoms with E-state index in [0.717, 1.165) is 16.8 Å². The lowest BCUT2D eigenvalue weighted by Crippen LogP contribution is -2.29. The normalized spacial score (nSPS) is 15.2. The van der Waals surface area contributed by atoms with Crippen molar-refractivity contribution in [3.8, 4) is 11.5 Å². The van der Waals surface area contributed by atoms with Gasteiger partial charge in [-0.3, -0.25) is 4.79 Å². The Hall–Kier alpha value is -3.15. The Morgan fingerprint density at radius 1 is 1.20 bits per heavy atom. The number of phenolic OH excluding ortho intramolecular Hbond substituents is 1. The first-order valence-corrected chi connectivity index (χ1v) is 8.13. The van der Waals surface area contributed by atoms with Crippen LogP contribution in [0.3, 0.4) is 0 Å². The van der Waals surface area contributed by atoms with Gasteiger partial charge in [0.05, 0.1) is 18.5 Å². The average molecular weight is 337 g/mol. The van der Waals surface area contributed by atoms with Gasteiger partial charge in [-0.25, -0.2) is 0 Å². The molecule has 0 atom stereocenters. The van der Waals surface area contributed by atoms with Crippen molar-refractivity contribution in [2.45, 2.75) is 13.8 Å². The molecular weight excluding hydrogens is 318 g/mol. The van der Waals surface area contributed by atoms with Crippen molar-refractivity contribution in [2.75, 3.05) is 18.1 Å². The summed E-state index contributed by atoms with van der Waals surface area (Å²) in [5.41, 5.74) is 2.69. The number of carbonyl (C=O) groups excluding carboxylic acids is 1. The van der Waals surface area contributed by atoms with E-state index >= 15 is 0 Å². The zero-order valence-corrected chi connectivity index (χ0v) is 14.1. The summed E-state index contributed by atoms with van der Waals surface area (Å²) in [6.07, 6.45) is 1.53. The number of aromatic hydroxyl groups is 1. The fraction of sp³-hybridized carbons (Fsp3) is 0.211. The Kier molecular flexibility index (Phi) is 4.79. The van der Waals surface area contributed by atoms with E-state index in [9.17, 15) is 9.90 Å². The molecule has 2 aromatic rings. The number of anilines is 1. The number of benzene rings is 2. The Bertz CT molecular complexity index is 859. The molecule has 3 rings (SSSR count). The monoisotopic (exact) mass is 337 g/mol. The molecule has 1 N–H and O–H groups in total. The minimum atomic E-state index is -0.151. The number of rotatable bonds is 5. The number of carbonyl (C=O) groups is 1. The first-order chi connectivity index (χ1) is 12.2. The van der Waals surface area contributed by atoms with E-state index in [1.165, 1.54) is 12.3 Å². The van der Waals surface area contributed by atoms with E-state index in [1.54, 1.807) is 17.0 Å². The highest BCUT2D eigenvalue weighted by Crippen LogP contribution is 2.29. The summed E-state index contributed by atoms with van der Waals surface area (Å²) in [6.45, 7) is 4.80. The third-order valence-electron chi connectivity index (χ3n) is 3.86. The van der Waals surface area contributed by atoms with Crippen molar-refractivity contribution < 1.29 is 14.6 Å². The van der Waals surface area contributed by atoms with Crippen LogP contribution in [0.15, 0.2) is 52.7 Å². The van der Waals surface area contributed by atoms with E-state index in [0.29, 0.717) is 24.6 Å². The quantitative estimate of drug-likeness (QED) is 0.673. The molecule has 0 saturated heterocycles. The Morgan fingerprint density at radius 2 is 2.00 bits per heavy atom. The largest absolute Gasteiger partial charge is 0.504 e. The lowest BCUT2D eigenvalue weighted by Gasteiger charge is -2.12. The summed E-state index contributed by atoms with van der Waals surface area (Å²) in [4.78, 5) is 14.2. The summed E-state index contributed by atoms with van der Waals surface area (Å²) in [5.74, 6) is 0.309. The molecule has 0 fully saturated rings. The second-order valence-electron chi connectivity index (χ2n) is 5.42. The molecule has 6 heteroatoms. The molecule has 0 radical (unpaired) electrons. The van der Waals surface area contributed by atoms with Gasteiger partial charge in [-0.15, -0.1) is 5.10 Å². The summed E-state index contributed by atoms with van der Waals surface area (Å²) in [7, 11) is 0. The van der Waals surface area contributed by atoms with Gasteiger partial charge in [-0.05, 0) is 43.7 Å². The number of amides is 1. The Labute approximate surface area is 146 Å². The number of fused-ring (bicyclic) bond motifs is 1. The molecule has 0 spiro atoms. The van der Waals surface area contributed by atoms with Crippen LogP contribution in [0.5, 0.6) is 11.5 Å². The average Bonchev–Trinajstić information content (AvgIpc) is 2.89. The number of para-hydroxylation sites is 1. The minimum absolute atomic E-state index is 0.0730. The molecule has 25 heavy (non-hydrogen) atoms. The lowest BCUT2D eigenvalue weighted by atomic mass is 10.1. The van der Waals surface area contributed by atoms with Crippen molar-refractivity contribution in [3.05, 3.63) is 53.6 Å². The number of likely N-dealkylation sites (N-methyl/N-ethyl adjacent to an activating group) is 1. The van der Waals surface area contributed by atoms with E-state index < -0.39 is 0 Å². The first kappa shape index (κ1) is 16.7. The molecular formula is C19H19N3O3. The number of hydrogen-bond donors (Lipinski definition) is 1. The molecule has 1 heterocycles. The first-order valence-electron chi connectivity index (χ1n) is 8.13. The zero-order chi connectivity index (χ0) is 17.8. The van der Waals surface area contributed by atoms with Crippen molar-refractivity contribution >= 4 is 23.5 Å². The zero-order valence-electron chi connectivity index (χ0n) is 14.1. The van der Waals surface area contributed by atoms with Gasteiger partial charge in [0.2, 0.25) is 0 Å². The number of nitrogens with zero attached hydrogens (tertiary/aromatic N) is 3. The highest BCUT2D eigenvalue weighted by atomic mass is 16.5. The maximum atomic E-state index is 12.5. The van der Waals surface area contributed by atoms with Crippen LogP contribution in [-0.2, 0) is 4.79 Å². The van der Waals surface area contributed by atoms with Crippen molar-refractivity contribution in [1.82, 2.24) is 0 Å². The van der Waals surface area contributed by atoms with Gasteiger partial charge in [-0.1, -0.05) is 18.2 Å². The standard InChI is InChI=1S/C19H19N3O3/c1-3-22-15-8-6-5-7-14(15)18(19(22)24)21-20-12-13-9-10-16(23)17(11-13)25-4-2/h5-12,23H,3-4H2,1-2H3/b20-12+,21-18-. The molecule has 0 saturated carbocycles. The summed E-state index contributed by atoms with van der Waals surface area (Å²) in [5, 5.41) is 17.9. The van der Waals surface area contributed by atoms with Gasteiger partial charge in [0.15, 0.2) is 17.2 Å². The van der Waals surface area contributed by atoms with E-state index in [4.69, 9.17) is 4.74 Å². The molecule has 2 aromatic carbocycles. The summed E-state index contributed by atoms with van der Waals surface area (Å²) in [6, 6.07) is 12.4. The number of hydrogen-bond acceptors (Lipinski definition) is 5. The third kappa shape index (κ3) is 3.24. The maximum Gasteiger partial charge on any atom is 0.279 e. The SMILES string of the molecule is CCOc1cc(/C=N/N=C2\C(=O)N(CC)c3ccccc32)ccc1O. The van der Waals surface area contributed by atoms with Crippen LogP contribution in [0.1, 0.15) is 25.0 Å². The smallest absolute Gasteiger partial charge is 0.279 e. The number of phenols is 1. The highest BCUT2D eigenvalue weighted by molar-refractivity contribution is 6.54. The molecule has 0 unspecified atom stereocenters. The Morgan fingerprint density at radius 3 is 2.76 bits per heavy atom. The van der Waals surface area contributed by atoms with Gasteiger partial charge in [0.25, 0.3) is 5.91 Å². The second-order valence-corrected chi connectivity index (χ2v) is 5.42. The molecule has 0 aromatic heterocycles. The molecule has 0 aliphatic carbocycles. The molecule has 1 aliphatic rings. The van der Waals surface area contributed by atoms with Gasteiger partial charge in [0, 0.05) is 12.1 Å². The topological polar surface area (TPSA) is 74.5 Å². The predicted molar refractivity (Wildman–Crippen MR) is 97.9 cm³/mol. The lowest BCUT2D eigenvalue weighted by molar-refractivity contribution is -0.112. The summed E-state index contributed by atoms with van der Waals surface area (Å²) < 4.78 is 5.34. The van der Waals surface area contributed by atoms with Crippen molar-refractivity contribution in [2.24, 2.45) is 10.2 Å². The highest BCUT2D eigenvalue weighted by Gasteiger charge is 2.32. The fourth-order valence-corrected chi connectivity index (χ4v) is 2.71. The van der Waals surface area contributed by atoms with Crippen molar-refractivity contribution in [3.63, 3.8) is 0 Å². The summed E-state index contributed by atoms with van der Waals surface area (Å²) >= 11 is 0. The van der Waals surface area contributed by atoms with Gasteiger partial charge in [0.1, 0.15) is 0 Å². The molecule has 1 amide bonds. The van der Waals surface area contributed by atoms with Crippen LogP contribution < -0.4 is 9.64 Å². The second kappa shape index (κ2) is 7.17. The Balaban J connectivity index is 1.88.